The third kappa shape index (κ3) is 4.11. The zero-order valence-electron chi connectivity index (χ0n) is 14.8. The van der Waals surface area contributed by atoms with Crippen LogP contribution < -0.4 is 4.90 Å². The van der Waals surface area contributed by atoms with Crippen molar-refractivity contribution in [3.05, 3.63) is 35.8 Å². The summed E-state index contributed by atoms with van der Waals surface area (Å²) in [5.74, 6) is 0.0437. The Kier molecular flexibility index (Phi) is 5.55. The molecule has 0 saturated carbocycles. The Morgan fingerprint density at radius 3 is 2.80 bits per heavy atom. The molecular formula is C18H23N3O3S. The number of hydrogen-bond acceptors (Lipinski definition) is 6. The van der Waals surface area contributed by atoms with Gasteiger partial charge in [0.1, 0.15) is 19.5 Å². The van der Waals surface area contributed by atoms with Gasteiger partial charge in [0.05, 0.1) is 10.2 Å². The van der Waals surface area contributed by atoms with Gasteiger partial charge in [-0.05, 0) is 45.6 Å². The van der Waals surface area contributed by atoms with Crippen molar-refractivity contribution in [1.29, 1.82) is 0 Å². The minimum Gasteiger partial charge on any atom is -0.494 e. The summed E-state index contributed by atoms with van der Waals surface area (Å²) in [4.78, 5) is 21.5. The molecule has 0 radical (unpaired) electrons. The van der Waals surface area contributed by atoms with E-state index in [4.69, 9.17) is 14.5 Å². The maximum atomic E-state index is 12.9. The standard InChI is InChI=1S/C18H23N3O3S/c1-13-6-4-7-15-16(13)19-18(25-15)21(9-5-8-20(2)3)17(22)14-12-23-10-11-24-14/h4,6-7,12H,5,8-11H2,1-3H3. The molecule has 0 N–H and O–H groups in total. The van der Waals surface area contributed by atoms with Gasteiger partial charge in [0.2, 0.25) is 5.76 Å². The van der Waals surface area contributed by atoms with Gasteiger partial charge in [-0.2, -0.15) is 0 Å². The molecule has 0 atom stereocenters. The molecule has 2 aromatic rings. The molecule has 1 aliphatic heterocycles. The third-order valence-corrected chi connectivity index (χ3v) is 4.98. The monoisotopic (exact) mass is 361 g/mol. The van der Waals surface area contributed by atoms with E-state index in [1.165, 1.54) is 17.6 Å². The highest BCUT2D eigenvalue weighted by Gasteiger charge is 2.26. The van der Waals surface area contributed by atoms with Crippen LogP contribution in [0.4, 0.5) is 5.13 Å². The number of carbonyl (C=O) groups is 1. The van der Waals surface area contributed by atoms with Crippen LogP contribution in [-0.2, 0) is 14.3 Å². The number of benzene rings is 1. The van der Waals surface area contributed by atoms with Crippen LogP contribution in [0.2, 0.25) is 0 Å². The van der Waals surface area contributed by atoms with E-state index >= 15 is 0 Å². The normalized spacial score (nSPS) is 14.2. The number of hydrogen-bond donors (Lipinski definition) is 0. The Bertz CT molecular complexity index is 785. The number of rotatable bonds is 6. The molecule has 0 saturated heterocycles. The van der Waals surface area contributed by atoms with Crippen LogP contribution in [0.5, 0.6) is 0 Å². The minimum absolute atomic E-state index is 0.199. The Balaban J connectivity index is 1.89. The summed E-state index contributed by atoms with van der Waals surface area (Å²) in [5, 5.41) is 0.697. The first kappa shape index (κ1) is 17.7. The van der Waals surface area contributed by atoms with Crippen LogP contribution in [0.3, 0.4) is 0 Å². The number of para-hydroxylation sites is 1. The van der Waals surface area contributed by atoms with Crippen LogP contribution in [0, 0.1) is 6.92 Å². The van der Waals surface area contributed by atoms with E-state index < -0.39 is 0 Å². The summed E-state index contributed by atoms with van der Waals surface area (Å²) < 4.78 is 11.8. The largest absolute Gasteiger partial charge is 0.494 e. The highest BCUT2D eigenvalue weighted by atomic mass is 32.1. The quantitative estimate of drug-likeness (QED) is 0.792. The number of fused-ring (bicyclic) bond motifs is 1. The Morgan fingerprint density at radius 2 is 2.12 bits per heavy atom. The number of carbonyl (C=O) groups excluding carboxylic acids is 1. The molecule has 25 heavy (non-hydrogen) atoms. The van der Waals surface area contributed by atoms with Gasteiger partial charge in [0, 0.05) is 6.54 Å². The van der Waals surface area contributed by atoms with Crippen molar-refractivity contribution >= 4 is 32.6 Å². The smallest absolute Gasteiger partial charge is 0.298 e. The molecule has 134 valence electrons. The number of nitrogens with zero attached hydrogens (tertiary/aromatic N) is 3. The Labute approximate surface area is 151 Å². The third-order valence-electron chi connectivity index (χ3n) is 3.93. The van der Waals surface area contributed by atoms with E-state index in [-0.39, 0.29) is 11.7 Å². The summed E-state index contributed by atoms with van der Waals surface area (Å²) in [5.41, 5.74) is 2.06. The van der Waals surface area contributed by atoms with Gasteiger partial charge in [-0.3, -0.25) is 9.69 Å². The molecule has 0 bridgehead atoms. The molecule has 0 spiro atoms. The molecule has 1 aromatic carbocycles. The zero-order valence-corrected chi connectivity index (χ0v) is 15.6. The fourth-order valence-electron chi connectivity index (χ4n) is 2.63. The van der Waals surface area contributed by atoms with Crippen LogP contribution in [0.25, 0.3) is 10.2 Å². The van der Waals surface area contributed by atoms with E-state index in [9.17, 15) is 4.79 Å². The lowest BCUT2D eigenvalue weighted by Crippen LogP contribution is -2.36. The van der Waals surface area contributed by atoms with Crippen LogP contribution in [0.15, 0.2) is 30.2 Å². The van der Waals surface area contributed by atoms with Crippen LogP contribution in [-0.4, -0.2) is 56.2 Å². The Hall–Kier alpha value is -2.12. The molecule has 3 rings (SSSR count). The lowest BCUT2D eigenvalue weighted by molar-refractivity contribution is -0.119. The SMILES string of the molecule is Cc1cccc2sc(N(CCCN(C)C)C(=O)C3=COCCO3)nc12. The number of aryl methyl sites for hydroxylation is 1. The molecule has 1 amide bonds. The molecule has 7 heteroatoms. The molecule has 2 heterocycles. The lowest BCUT2D eigenvalue weighted by Gasteiger charge is -2.23. The highest BCUT2D eigenvalue weighted by molar-refractivity contribution is 7.22. The van der Waals surface area contributed by atoms with Crippen molar-refractivity contribution in [2.45, 2.75) is 13.3 Å². The number of aromatic nitrogens is 1. The summed E-state index contributed by atoms with van der Waals surface area (Å²) in [6, 6.07) is 6.08. The van der Waals surface area contributed by atoms with Gasteiger partial charge in [-0.25, -0.2) is 4.98 Å². The lowest BCUT2D eigenvalue weighted by atomic mass is 10.2. The van der Waals surface area contributed by atoms with Gasteiger partial charge in [0.15, 0.2) is 5.13 Å². The van der Waals surface area contributed by atoms with Crippen molar-refractivity contribution in [1.82, 2.24) is 9.88 Å². The summed E-state index contributed by atoms with van der Waals surface area (Å²) >= 11 is 1.53. The van der Waals surface area contributed by atoms with Crippen molar-refractivity contribution in [2.75, 3.05) is 45.3 Å². The molecule has 0 fully saturated rings. The van der Waals surface area contributed by atoms with Gasteiger partial charge in [-0.1, -0.05) is 23.5 Å². The maximum absolute atomic E-state index is 12.9. The molecule has 1 aliphatic rings. The molecule has 0 aliphatic carbocycles. The molecule has 6 nitrogen and oxygen atoms in total. The fraction of sp³-hybridized carbons (Fsp3) is 0.444. The number of amides is 1. The van der Waals surface area contributed by atoms with Gasteiger partial charge < -0.3 is 14.4 Å². The summed E-state index contributed by atoms with van der Waals surface area (Å²) in [6.45, 7) is 4.37. The highest BCUT2D eigenvalue weighted by Crippen LogP contribution is 2.31. The predicted octanol–water partition coefficient (Wildman–Crippen LogP) is 2.78. The topological polar surface area (TPSA) is 54.9 Å². The summed E-state index contributed by atoms with van der Waals surface area (Å²) in [7, 11) is 4.04. The van der Waals surface area contributed by atoms with Crippen molar-refractivity contribution in [3.63, 3.8) is 0 Å². The predicted molar refractivity (Wildman–Crippen MR) is 99.9 cm³/mol. The van der Waals surface area contributed by atoms with E-state index in [2.05, 4.69) is 4.90 Å². The second-order valence-electron chi connectivity index (χ2n) is 6.23. The first-order valence-corrected chi connectivity index (χ1v) is 9.15. The second-order valence-corrected chi connectivity index (χ2v) is 7.24. The molecule has 1 aromatic heterocycles. The van der Waals surface area contributed by atoms with Crippen LogP contribution >= 0.6 is 11.3 Å². The maximum Gasteiger partial charge on any atom is 0.298 e. The number of anilines is 1. The number of thiazole rings is 1. The van der Waals surface area contributed by atoms with Crippen LogP contribution in [0.1, 0.15) is 12.0 Å². The van der Waals surface area contributed by atoms with Gasteiger partial charge >= 0.3 is 0 Å². The van der Waals surface area contributed by atoms with E-state index in [0.717, 1.165) is 28.7 Å². The molecule has 0 unspecified atom stereocenters. The average molecular weight is 361 g/mol. The van der Waals surface area contributed by atoms with Crippen molar-refractivity contribution in [2.24, 2.45) is 0 Å². The van der Waals surface area contributed by atoms with Gasteiger partial charge in [-0.15, -0.1) is 0 Å². The Morgan fingerprint density at radius 1 is 1.28 bits per heavy atom. The fourth-order valence-corrected chi connectivity index (χ4v) is 3.70. The second kappa shape index (κ2) is 7.84. The molecular weight excluding hydrogens is 338 g/mol. The van der Waals surface area contributed by atoms with Gasteiger partial charge in [0.25, 0.3) is 5.91 Å². The van der Waals surface area contributed by atoms with Crippen molar-refractivity contribution < 1.29 is 14.3 Å². The summed E-state index contributed by atoms with van der Waals surface area (Å²) in [6.07, 6.45) is 2.26. The van der Waals surface area contributed by atoms with Crippen molar-refractivity contribution in [3.8, 4) is 0 Å². The zero-order chi connectivity index (χ0) is 17.8. The average Bonchev–Trinajstić information content (AvgIpc) is 3.04. The van der Waals surface area contributed by atoms with E-state index in [1.807, 2.05) is 39.2 Å². The minimum atomic E-state index is -0.199. The van der Waals surface area contributed by atoms with E-state index in [0.29, 0.717) is 24.9 Å². The first-order valence-electron chi connectivity index (χ1n) is 8.33. The number of ether oxygens (including phenoxy) is 2. The van der Waals surface area contributed by atoms with E-state index in [1.54, 1.807) is 4.90 Å². The first-order chi connectivity index (χ1) is 12.1.